The predicted molar refractivity (Wildman–Crippen MR) is 67.9 cm³/mol. The second-order valence-electron chi connectivity index (χ2n) is 4.73. The average molecular weight is 237 g/mol. The molecule has 0 bridgehead atoms. The van der Waals surface area contributed by atoms with E-state index in [1.165, 1.54) is 24.8 Å². The van der Waals surface area contributed by atoms with Crippen molar-refractivity contribution in [3.05, 3.63) is 18.0 Å². The SMILES string of the molecule is CCC(NC)c1cnn(CC2CCCCO2)c1. The molecule has 1 aromatic heterocycles. The van der Waals surface area contributed by atoms with Gasteiger partial charge in [-0.3, -0.25) is 4.68 Å². The number of hydrogen-bond acceptors (Lipinski definition) is 3. The monoisotopic (exact) mass is 237 g/mol. The van der Waals surface area contributed by atoms with Crippen molar-refractivity contribution >= 4 is 0 Å². The van der Waals surface area contributed by atoms with Crippen molar-refractivity contribution in [2.24, 2.45) is 0 Å². The Labute approximate surface area is 103 Å². The van der Waals surface area contributed by atoms with E-state index in [0.717, 1.165) is 19.6 Å². The van der Waals surface area contributed by atoms with E-state index >= 15 is 0 Å². The Morgan fingerprint density at radius 1 is 1.59 bits per heavy atom. The first-order valence-electron chi connectivity index (χ1n) is 6.64. The summed E-state index contributed by atoms with van der Waals surface area (Å²) in [5.41, 5.74) is 1.27. The highest BCUT2D eigenvalue weighted by atomic mass is 16.5. The molecule has 0 spiro atoms. The summed E-state index contributed by atoms with van der Waals surface area (Å²) in [4.78, 5) is 0. The van der Waals surface area contributed by atoms with Crippen molar-refractivity contribution in [1.82, 2.24) is 15.1 Å². The van der Waals surface area contributed by atoms with Crippen LogP contribution in [0.1, 0.15) is 44.2 Å². The molecule has 0 saturated carbocycles. The Morgan fingerprint density at radius 2 is 2.47 bits per heavy atom. The second kappa shape index (κ2) is 6.17. The zero-order chi connectivity index (χ0) is 12.1. The van der Waals surface area contributed by atoms with Gasteiger partial charge in [-0.25, -0.2) is 0 Å². The van der Waals surface area contributed by atoms with Gasteiger partial charge in [-0.1, -0.05) is 6.92 Å². The van der Waals surface area contributed by atoms with Crippen LogP contribution in [0.5, 0.6) is 0 Å². The van der Waals surface area contributed by atoms with Gasteiger partial charge >= 0.3 is 0 Å². The second-order valence-corrected chi connectivity index (χ2v) is 4.73. The molecule has 2 atom stereocenters. The highest BCUT2D eigenvalue weighted by Gasteiger charge is 2.16. The lowest BCUT2D eigenvalue weighted by atomic mass is 10.1. The Hall–Kier alpha value is -0.870. The van der Waals surface area contributed by atoms with Crippen molar-refractivity contribution in [1.29, 1.82) is 0 Å². The third kappa shape index (κ3) is 3.30. The lowest BCUT2D eigenvalue weighted by Crippen LogP contribution is -2.24. The molecule has 0 radical (unpaired) electrons. The molecule has 1 aliphatic rings. The van der Waals surface area contributed by atoms with Crippen LogP contribution in [0.4, 0.5) is 0 Å². The molecule has 0 aromatic carbocycles. The standard InChI is InChI=1S/C13H23N3O/c1-3-13(14-2)11-8-15-16(9-11)10-12-6-4-5-7-17-12/h8-9,12-14H,3-7,10H2,1-2H3. The molecule has 17 heavy (non-hydrogen) atoms. The van der Waals surface area contributed by atoms with Crippen molar-refractivity contribution in [3.63, 3.8) is 0 Å². The smallest absolute Gasteiger partial charge is 0.0770 e. The van der Waals surface area contributed by atoms with E-state index < -0.39 is 0 Å². The highest BCUT2D eigenvalue weighted by Crippen LogP contribution is 2.17. The molecule has 2 unspecified atom stereocenters. The maximum absolute atomic E-state index is 5.73. The first-order valence-corrected chi connectivity index (χ1v) is 6.64. The maximum Gasteiger partial charge on any atom is 0.0770 e. The molecule has 2 rings (SSSR count). The summed E-state index contributed by atoms with van der Waals surface area (Å²) in [7, 11) is 2.00. The summed E-state index contributed by atoms with van der Waals surface area (Å²) < 4.78 is 7.75. The van der Waals surface area contributed by atoms with Gasteiger partial charge in [0.1, 0.15) is 0 Å². The lowest BCUT2D eigenvalue weighted by Gasteiger charge is -2.22. The van der Waals surface area contributed by atoms with Crippen LogP contribution >= 0.6 is 0 Å². The van der Waals surface area contributed by atoms with Crippen LogP contribution in [-0.4, -0.2) is 29.5 Å². The van der Waals surface area contributed by atoms with Crippen molar-refractivity contribution < 1.29 is 4.74 Å². The zero-order valence-electron chi connectivity index (χ0n) is 10.9. The van der Waals surface area contributed by atoms with Gasteiger partial charge in [-0.15, -0.1) is 0 Å². The van der Waals surface area contributed by atoms with E-state index in [1.54, 1.807) is 0 Å². The van der Waals surface area contributed by atoms with Gasteiger partial charge in [-0.2, -0.15) is 5.10 Å². The van der Waals surface area contributed by atoms with Crippen LogP contribution < -0.4 is 5.32 Å². The molecular formula is C13H23N3O. The zero-order valence-corrected chi connectivity index (χ0v) is 10.9. The molecule has 96 valence electrons. The van der Waals surface area contributed by atoms with E-state index in [9.17, 15) is 0 Å². The Balaban J connectivity index is 1.93. The summed E-state index contributed by atoms with van der Waals surface area (Å²) in [6.07, 6.45) is 9.20. The van der Waals surface area contributed by atoms with Crippen LogP contribution in [0.2, 0.25) is 0 Å². The van der Waals surface area contributed by atoms with Gasteiger partial charge in [0.15, 0.2) is 0 Å². The van der Waals surface area contributed by atoms with Gasteiger partial charge < -0.3 is 10.1 Å². The third-order valence-electron chi connectivity index (χ3n) is 3.48. The van der Waals surface area contributed by atoms with Crippen LogP contribution in [0.3, 0.4) is 0 Å². The molecule has 1 N–H and O–H groups in total. The first kappa shape index (κ1) is 12.6. The quantitative estimate of drug-likeness (QED) is 0.852. The highest BCUT2D eigenvalue weighted by molar-refractivity contribution is 5.09. The summed E-state index contributed by atoms with van der Waals surface area (Å²) in [5, 5.41) is 7.72. The molecule has 0 amide bonds. The van der Waals surface area contributed by atoms with Gasteiger partial charge in [0.05, 0.1) is 18.8 Å². The van der Waals surface area contributed by atoms with E-state index in [2.05, 4.69) is 23.5 Å². The van der Waals surface area contributed by atoms with E-state index in [0.29, 0.717) is 12.1 Å². The van der Waals surface area contributed by atoms with Crippen molar-refractivity contribution in [3.8, 4) is 0 Å². The number of rotatable bonds is 5. The largest absolute Gasteiger partial charge is 0.376 e. The number of nitrogens with zero attached hydrogens (tertiary/aromatic N) is 2. The molecule has 4 heteroatoms. The van der Waals surface area contributed by atoms with E-state index in [4.69, 9.17) is 4.74 Å². The van der Waals surface area contributed by atoms with Gasteiger partial charge in [-0.05, 0) is 32.7 Å². The minimum atomic E-state index is 0.353. The molecule has 4 nitrogen and oxygen atoms in total. The Kier molecular flexibility index (Phi) is 4.57. The fourth-order valence-electron chi connectivity index (χ4n) is 2.43. The maximum atomic E-state index is 5.73. The summed E-state index contributed by atoms with van der Waals surface area (Å²) >= 11 is 0. The summed E-state index contributed by atoms with van der Waals surface area (Å²) in [6.45, 7) is 3.98. The van der Waals surface area contributed by atoms with Gasteiger partial charge in [0.2, 0.25) is 0 Å². The minimum absolute atomic E-state index is 0.353. The van der Waals surface area contributed by atoms with E-state index in [-0.39, 0.29) is 0 Å². The van der Waals surface area contributed by atoms with Crippen molar-refractivity contribution in [2.45, 2.75) is 51.3 Å². The number of ether oxygens (including phenoxy) is 1. The summed E-state index contributed by atoms with van der Waals surface area (Å²) in [5.74, 6) is 0. The topological polar surface area (TPSA) is 39.1 Å². The minimum Gasteiger partial charge on any atom is -0.376 e. The van der Waals surface area contributed by atoms with Crippen LogP contribution in [0.25, 0.3) is 0 Å². The fraction of sp³-hybridized carbons (Fsp3) is 0.769. The Morgan fingerprint density at radius 3 is 3.12 bits per heavy atom. The van der Waals surface area contributed by atoms with Gasteiger partial charge in [0, 0.05) is 24.4 Å². The number of nitrogens with one attached hydrogen (secondary N) is 1. The van der Waals surface area contributed by atoms with Crippen LogP contribution in [0, 0.1) is 0 Å². The van der Waals surface area contributed by atoms with Crippen LogP contribution in [-0.2, 0) is 11.3 Å². The molecule has 1 saturated heterocycles. The average Bonchev–Trinajstić information content (AvgIpc) is 2.81. The van der Waals surface area contributed by atoms with E-state index in [1.807, 2.05) is 17.9 Å². The molecule has 2 heterocycles. The molecule has 1 fully saturated rings. The van der Waals surface area contributed by atoms with Crippen molar-refractivity contribution in [2.75, 3.05) is 13.7 Å². The summed E-state index contributed by atoms with van der Waals surface area (Å²) in [6, 6.07) is 0.413. The third-order valence-corrected chi connectivity index (χ3v) is 3.48. The van der Waals surface area contributed by atoms with Gasteiger partial charge in [0.25, 0.3) is 0 Å². The fourth-order valence-corrected chi connectivity index (χ4v) is 2.43. The predicted octanol–water partition coefficient (Wildman–Crippen LogP) is 2.12. The molecule has 1 aliphatic heterocycles. The Bertz CT molecular complexity index is 327. The molecule has 0 aliphatic carbocycles. The lowest BCUT2D eigenvalue weighted by molar-refractivity contribution is 0.00398. The first-order chi connectivity index (χ1) is 8.33. The molecular weight excluding hydrogens is 214 g/mol. The normalized spacial score (nSPS) is 22.6. The number of hydrogen-bond donors (Lipinski definition) is 1. The molecule has 1 aromatic rings. The number of aromatic nitrogens is 2. The van der Waals surface area contributed by atoms with Crippen LogP contribution in [0.15, 0.2) is 12.4 Å².